The molecule has 0 aromatic heterocycles. The van der Waals surface area contributed by atoms with Crippen LogP contribution in [0.5, 0.6) is 0 Å². The van der Waals surface area contributed by atoms with Crippen LogP contribution in [-0.2, 0) is 20.4 Å². The van der Waals surface area contributed by atoms with E-state index >= 15 is 0 Å². The standard InChI is InChI=1S/C16H12Cl3NO3S/c17-12-6-5-10(14(19)8-12)7-15(16(20)21)24(22,23)9-11-3-1-2-4-13(11)18/h1-8H,9H2,(H2,20,21)/b15-7-. The average Bonchev–Trinajstić information content (AvgIpc) is 2.48. The summed E-state index contributed by atoms with van der Waals surface area (Å²) in [5.41, 5.74) is 5.94. The van der Waals surface area contributed by atoms with Gasteiger partial charge in [0.05, 0.1) is 5.75 Å². The molecule has 24 heavy (non-hydrogen) atoms. The number of carbonyl (C=O) groups excluding carboxylic acids is 1. The van der Waals surface area contributed by atoms with Crippen molar-refractivity contribution in [3.05, 3.63) is 73.6 Å². The first kappa shape index (κ1) is 18.8. The molecule has 1 amide bonds. The van der Waals surface area contributed by atoms with E-state index in [4.69, 9.17) is 40.5 Å². The highest BCUT2D eigenvalue weighted by molar-refractivity contribution is 7.95. The summed E-state index contributed by atoms with van der Waals surface area (Å²) in [5, 5.41) is 0.875. The molecular weight excluding hydrogens is 393 g/mol. The minimum Gasteiger partial charge on any atom is -0.365 e. The molecule has 0 saturated carbocycles. The number of benzene rings is 2. The van der Waals surface area contributed by atoms with E-state index in [1.807, 2.05) is 0 Å². The summed E-state index contributed by atoms with van der Waals surface area (Å²) < 4.78 is 25.2. The highest BCUT2D eigenvalue weighted by atomic mass is 35.5. The third-order valence-corrected chi connectivity index (χ3v) is 5.74. The summed E-state index contributed by atoms with van der Waals surface area (Å²) in [6.07, 6.45) is 1.13. The topological polar surface area (TPSA) is 77.2 Å². The lowest BCUT2D eigenvalue weighted by Crippen LogP contribution is -2.22. The van der Waals surface area contributed by atoms with Gasteiger partial charge in [-0.25, -0.2) is 8.42 Å². The number of sulfone groups is 1. The second-order valence-electron chi connectivity index (χ2n) is 4.89. The number of hydrogen-bond acceptors (Lipinski definition) is 3. The number of amides is 1. The normalized spacial score (nSPS) is 12.2. The summed E-state index contributed by atoms with van der Waals surface area (Å²) in [4.78, 5) is 11.1. The number of primary amides is 1. The van der Waals surface area contributed by atoms with Crippen LogP contribution in [0.2, 0.25) is 15.1 Å². The summed E-state index contributed by atoms with van der Waals surface area (Å²) in [7, 11) is -4.01. The summed E-state index contributed by atoms with van der Waals surface area (Å²) >= 11 is 17.8. The van der Waals surface area contributed by atoms with Gasteiger partial charge >= 0.3 is 0 Å². The second kappa shape index (κ2) is 7.57. The van der Waals surface area contributed by atoms with Crippen molar-refractivity contribution in [2.24, 2.45) is 5.73 Å². The van der Waals surface area contributed by atoms with E-state index in [9.17, 15) is 13.2 Å². The van der Waals surface area contributed by atoms with Gasteiger partial charge in [0, 0.05) is 15.1 Å². The van der Waals surface area contributed by atoms with Crippen molar-refractivity contribution in [1.82, 2.24) is 0 Å². The van der Waals surface area contributed by atoms with Crippen molar-refractivity contribution in [3.63, 3.8) is 0 Å². The Hall–Kier alpha value is -1.53. The highest BCUT2D eigenvalue weighted by Gasteiger charge is 2.24. The Morgan fingerprint density at radius 3 is 2.29 bits per heavy atom. The van der Waals surface area contributed by atoms with Crippen molar-refractivity contribution in [2.75, 3.05) is 0 Å². The molecular formula is C16H12Cl3NO3S. The molecule has 2 N–H and O–H groups in total. The molecule has 0 aliphatic heterocycles. The van der Waals surface area contributed by atoms with Crippen molar-refractivity contribution < 1.29 is 13.2 Å². The van der Waals surface area contributed by atoms with Crippen LogP contribution >= 0.6 is 34.8 Å². The van der Waals surface area contributed by atoms with Crippen LogP contribution in [0.4, 0.5) is 0 Å². The van der Waals surface area contributed by atoms with E-state index in [2.05, 4.69) is 0 Å². The van der Waals surface area contributed by atoms with Crippen LogP contribution in [0, 0.1) is 0 Å². The smallest absolute Gasteiger partial charge is 0.260 e. The van der Waals surface area contributed by atoms with Gasteiger partial charge in [-0.3, -0.25) is 4.79 Å². The van der Waals surface area contributed by atoms with Gasteiger partial charge in [0.25, 0.3) is 5.91 Å². The van der Waals surface area contributed by atoms with E-state index in [-0.39, 0.29) is 10.0 Å². The molecule has 0 spiro atoms. The largest absolute Gasteiger partial charge is 0.365 e. The van der Waals surface area contributed by atoms with Crippen molar-refractivity contribution in [3.8, 4) is 0 Å². The van der Waals surface area contributed by atoms with Crippen LogP contribution in [0.25, 0.3) is 6.08 Å². The molecule has 0 saturated heterocycles. The minimum atomic E-state index is -4.01. The van der Waals surface area contributed by atoms with Crippen molar-refractivity contribution in [1.29, 1.82) is 0 Å². The number of hydrogen-bond donors (Lipinski definition) is 1. The molecule has 0 atom stereocenters. The fraction of sp³-hybridized carbons (Fsp3) is 0.0625. The number of halogens is 3. The molecule has 8 heteroatoms. The first-order chi connectivity index (χ1) is 11.2. The zero-order valence-electron chi connectivity index (χ0n) is 12.2. The minimum absolute atomic E-state index is 0.203. The van der Waals surface area contributed by atoms with E-state index in [1.54, 1.807) is 24.3 Å². The Morgan fingerprint density at radius 1 is 1.04 bits per heavy atom. The third-order valence-electron chi connectivity index (χ3n) is 3.13. The van der Waals surface area contributed by atoms with Crippen LogP contribution in [0.3, 0.4) is 0 Å². The van der Waals surface area contributed by atoms with Crippen LogP contribution < -0.4 is 5.73 Å². The zero-order valence-corrected chi connectivity index (χ0v) is 15.3. The first-order valence-electron chi connectivity index (χ1n) is 6.63. The molecule has 126 valence electrons. The molecule has 0 unspecified atom stereocenters. The van der Waals surface area contributed by atoms with E-state index < -0.39 is 26.4 Å². The van der Waals surface area contributed by atoms with E-state index in [0.717, 1.165) is 6.08 Å². The number of nitrogens with two attached hydrogens (primary N) is 1. The fourth-order valence-electron chi connectivity index (χ4n) is 1.97. The lowest BCUT2D eigenvalue weighted by atomic mass is 10.2. The Morgan fingerprint density at radius 2 is 1.71 bits per heavy atom. The molecule has 2 aromatic carbocycles. The monoisotopic (exact) mass is 403 g/mol. The molecule has 0 aliphatic rings. The van der Waals surface area contributed by atoms with Gasteiger partial charge < -0.3 is 5.73 Å². The van der Waals surface area contributed by atoms with Crippen molar-refractivity contribution >= 4 is 56.6 Å². The van der Waals surface area contributed by atoms with Crippen molar-refractivity contribution in [2.45, 2.75) is 5.75 Å². The maximum absolute atomic E-state index is 12.6. The second-order valence-corrected chi connectivity index (χ2v) is 8.10. The lowest BCUT2D eigenvalue weighted by Gasteiger charge is -2.08. The molecule has 2 aromatic rings. The predicted molar refractivity (Wildman–Crippen MR) is 97.7 cm³/mol. The first-order valence-corrected chi connectivity index (χ1v) is 9.42. The Labute approximate surface area is 154 Å². The summed E-state index contributed by atoms with van der Waals surface area (Å²) in [6, 6.07) is 10.9. The Bertz CT molecular complexity index is 924. The number of carbonyl (C=O) groups is 1. The number of rotatable bonds is 5. The molecule has 0 aliphatic carbocycles. The van der Waals surface area contributed by atoms with Gasteiger partial charge in [-0.15, -0.1) is 0 Å². The van der Waals surface area contributed by atoms with Gasteiger partial charge in [-0.2, -0.15) is 0 Å². The highest BCUT2D eigenvalue weighted by Crippen LogP contribution is 2.26. The quantitative estimate of drug-likeness (QED) is 0.762. The van der Waals surface area contributed by atoms with Gasteiger partial charge in [0.1, 0.15) is 4.91 Å². The van der Waals surface area contributed by atoms with Gasteiger partial charge in [-0.05, 0) is 35.4 Å². The van der Waals surface area contributed by atoms with E-state index in [1.165, 1.54) is 18.2 Å². The van der Waals surface area contributed by atoms with Gasteiger partial charge in [-0.1, -0.05) is 59.1 Å². The average molecular weight is 405 g/mol. The van der Waals surface area contributed by atoms with Crippen LogP contribution in [0.15, 0.2) is 47.4 Å². The SMILES string of the molecule is NC(=O)/C(=C/c1ccc(Cl)cc1Cl)S(=O)(=O)Cc1ccccc1Cl. The molecule has 0 heterocycles. The molecule has 0 radical (unpaired) electrons. The maximum atomic E-state index is 12.6. The van der Waals surface area contributed by atoms with E-state index in [0.29, 0.717) is 16.1 Å². The third kappa shape index (κ3) is 4.51. The lowest BCUT2D eigenvalue weighted by molar-refractivity contribution is -0.113. The molecule has 4 nitrogen and oxygen atoms in total. The van der Waals surface area contributed by atoms with Crippen LogP contribution in [0.1, 0.15) is 11.1 Å². The summed E-state index contributed by atoms with van der Waals surface area (Å²) in [6.45, 7) is 0. The fourth-order valence-corrected chi connectivity index (χ4v) is 4.15. The maximum Gasteiger partial charge on any atom is 0.260 e. The van der Waals surface area contributed by atoms with Crippen LogP contribution in [-0.4, -0.2) is 14.3 Å². The molecule has 0 fully saturated rings. The van der Waals surface area contributed by atoms with Gasteiger partial charge in [0.2, 0.25) is 0 Å². The van der Waals surface area contributed by atoms with Gasteiger partial charge in [0.15, 0.2) is 9.84 Å². The zero-order chi connectivity index (χ0) is 17.9. The Kier molecular flexibility index (Phi) is 5.93. The predicted octanol–water partition coefficient (Wildman–Crippen LogP) is 4.09. The Balaban J connectivity index is 2.48. The molecule has 2 rings (SSSR count). The molecule has 0 bridgehead atoms. The summed E-state index contributed by atoms with van der Waals surface area (Å²) in [5.74, 6) is -1.53.